The van der Waals surface area contributed by atoms with Crippen molar-refractivity contribution in [1.82, 2.24) is 10.2 Å². The van der Waals surface area contributed by atoms with Crippen LogP contribution in [0.4, 0.5) is 5.69 Å². The van der Waals surface area contributed by atoms with Gasteiger partial charge in [-0.05, 0) is 36.6 Å². The second kappa shape index (κ2) is 9.09. The number of ether oxygens (including phenoxy) is 1. The minimum Gasteiger partial charge on any atom is -0.494 e. The van der Waals surface area contributed by atoms with Crippen molar-refractivity contribution in [2.75, 3.05) is 13.2 Å². The molecule has 0 saturated carbocycles. The highest BCUT2D eigenvalue weighted by molar-refractivity contribution is 6.08. The van der Waals surface area contributed by atoms with E-state index in [0.717, 1.165) is 54.7 Å². The number of carbonyl (C=O) groups excluding carboxylic acids is 1. The Morgan fingerprint density at radius 2 is 1.86 bits per heavy atom. The van der Waals surface area contributed by atoms with E-state index in [-0.39, 0.29) is 18.6 Å². The molecule has 2 aliphatic rings. The van der Waals surface area contributed by atoms with Crippen LogP contribution in [0.3, 0.4) is 0 Å². The second-order valence-electron chi connectivity index (χ2n) is 7.50. The Morgan fingerprint density at radius 1 is 1.07 bits per heavy atom. The van der Waals surface area contributed by atoms with Gasteiger partial charge in [0.25, 0.3) is 5.91 Å². The number of rotatable bonds is 9. The summed E-state index contributed by atoms with van der Waals surface area (Å²) in [5.74, 6) is 1.42. The molecule has 0 radical (unpaired) electrons. The summed E-state index contributed by atoms with van der Waals surface area (Å²) in [6.45, 7) is 1.58. The van der Waals surface area contributed by atoms with Crippen LogP contribution in [0.2, 0.25) is 0 Å². The van der Waals surface area contributed by atoms with Crippen LogP contribution in [-0.4, -0.2) is 35.1 Å². The van der Waals surface area contributed by atoms with Gasteiger partial charge < -0.3 is 14.7 Å². The number of amides is 1. The molecule has 4 rings (SSSR count). The van der Waals surface area contributed by atoms with Crippen molar-refractivity contribution in [2.24, 2.45) is 4.99 Å². The number of aliphatic hydroxyl groups excluding tert-OH is 1. The molecule has 0 aliphatic carbocycles. The maximum Gasteiger partial charge on any atom is 0.254 e. The molecule has 0 aromatic heterocycles. The zero-order valence-electron chi connectivity index (χ0n) is 16.5. The van der Waals surface area contributed by atoms with Gasteiger partial charge in [0.05, 0.1) is 12.3 Å². The van der Waals surface area contributed by atoms with Crippen molar-refractivity contribution >= 4 is 17.6 Å². The summed E-state index contributed by atoms with van der Waals surface area (Å²) in [5, 5.41) is 11.7. The summed E-state index contributed by atoms with van der Waals surface area (Å²) in [6.07, 6.45) is 5.19. The molecule has 152 valence electrons. The first kappa shape index (κ1) is 19.5. The number of hydrogen-bond acceptors (Lipinski definition) is 5. The number of carbonyl (C=O) groups is 1. The van der Waals surface area contributed by atoms with Crippen LogP contribution in [0.5, 0.6) is 5.75 Å². The van der Waals surface area contributed by atoms with E-state index in [1.807, 2.05) is 53.4 Å². The highest BCUT2D eigenvalue weighted by Crippen LogP contribution is 2.36. The van der Waals surface area contributed by atoms with Crippen LogP contribution in [-0.2, 0) is 11.3 Å². The molecule has 1 atom stereocenters. The second-order valence-corrected chi connectivity index (χ2v) is 7.50. The van der Waals surface area contributed by atoms with Crippen molar-refractivity contribution in [3.63, 3.8) is 0 Å². The van der Waals surface area contributed by atoms with Crippen LogP contribution >= 0.6 is 0 Å². The lowest BCUT2D eigenvalue weighted by atomic mass is 10.0. The summed E-state index contributed by atoms with van der Waals surface area (Å²) in [6, 6.07) is 15.4. The molecule has 6 heteroatoms. The predicted molar refractivity (Wildman–Crippen MR) is 112 cm³/mol. The summed E-state index contributed by atoms with van der Waals surface area (Å²) in [5.41, 5.74) is 2.90. The molecule has 1 amide bonds. The molecule has 1 saturated heterocycles. The van der Waals surface area contributed by atoms with Crippen LogP contribution in [0, 0.1) is 0 Å². The minimum atomic E-state index is -0.355. The number of guanidine groups is 1. The van der Waals surface area contributed by atoms with Gasteiger partial charge in [0.2, 0.25) is 5.96 Å². The summed E-state index contributed by atoms with van der Waals surface area (Å²) >= 11 is 0. The van der Waals surface area contributed by atoms with Crippen LogP contribution in [0.25, 0.3) is 0 Å². The number of nitrogens with one attached hydrogen (secondary N) is 1. The lowest BCUT2D eigenvalue weighted by molar-refractivity contribution is -0.121. The number of unbranched alkanes of at least 4 members (excludes halogenated alkanes) is 4. The molecular weight excluding hydrogens is 366 g/mol. The minimum absolute atomic E-state index is 0.0413. The molecule has 1 fully saturated rings. The molecule has 0 bridgehead atoms. The van der Waals surface area contributed by atoms with E-state index in [1.165, 1.54) is 0 Å². The van der Waals surface area contributed by atoms with Gasteiger partial charge in [-0.1, -0.05) is 49.6 Å². The fourth-order valence-electron chi connectivity index (χ4n) is 3.86. The topological polar surface area (TPSA) is 74.2 Å². The SMILES string of the molecule is O=C1NC2=Nc3ccc(OCCCCCCCO)cc3CN2C1c1ccccc1. The van der Waals surface area contributed by atoms with Gasteiger partial charge in [0, 0.05) is 18.7 Å². The van der Waals surface area contributed by atoms with Gasteiger partial charge in [-0.15, -0.1) is 0 Å². The first-order valence-corrected chi connectivity index (χ1v) is 10.3. The molecule has 2 aromatic rings. The Kier molecular flexibility index (Phi) is 6.10. The first-order valence-electron chi connectivity index (χ1n) is 10.3. The Balaban J connectivity index is 1.40. The molecule has 0 spiro atoms. The van der Waals surface area contributed by atoms with Crippen molar-refractivity contribution in [3.05, 3.63) is 59.7 Å². The number of benzene rings is 2. The molecule has 2 heterocycles. The maximum atomic E-state index is 12.6. The van der Waals surface area contributed by atoms with Crippen molar-refractivity contribution < 1.29 is 14.6 Å². The van der Waals surface area contributed by atoms with Crippen LogP contribution < -0.4 is 10.1 Å². The zero-order chi connectivity index (χ0) is 20.1. The van der Waals surface area contributed by atoms with Crippen molar-refractivity contribution in [1.29, 1.82) is 0 Å². The van der Waals surface area contributed by atoms with Gasteiger partial charge in [-0.3, -0.25) is 10.1 Å². The lowest BCUT2D eigenvalue weighted by Crippen LogP contribution is -2.33. The molecule has 2 aliphatic heterocycles. The third kappa shape index (κ3) is 4.43. The number of hydrogen-bond donors (Lipinski definition) is 2. The largest absolute Gasteiger partial charge is 0.494 e. The third-order valence-electron chi connectivity index (χ3n) is 5.37. The normalized spacial score (nSPS) is 17.4. The average molecular weight is 393 g/mol. The van der Waals surface area contributed by atoms with E-state index in [1.54, 1.807) is 0 Å². The van der Waals surface area contributed by atoms with Crippen molar-refractivity contribution in [3.8, 4) is 5.75 Å². The number of aliphatic hydroxyl groups is 1. The number of aliphatic imine (C=N–C) groups is 1. The number of nitrogens with zero attached hydrogens (tertiary/aromatic N) is 2. The highest BCUT2D eigenvalue weighted by Gasteiger charge is 2.39. The van der Waals surface area contributed by atoms with Gasteiger partial charge in [-0.2, -0.15) is 0 Å². The quantitative estimate of drug-likeness (QED) is 0.638. The van der Waals surface area contributed by atoms with E-state index >= 15 is 0 Å². The fraction of sp³-hybridized carbons (Fsp3) is 0.391. The molecule has 29 heavy (non-hydrogen) atoms. The standard InChI is InChI=1S/C23H27N3O3/c27-13-7-2-1-3-8-14-29-19-11-12-20-18(15-19)16-26-21(17-9-5-4-6-10-17)22(28)25-23(26)24-20/h4-6,9-12,15,21,27H,1-3,7-8,13-14,16H2,(H,24,25,28). The molecular formula is C23H27N3O3. The first-order chi connectivity index (χ1) is 14.3. The van der Waals surface area contributed by atoms with E-state index in [2.05, 4.69) is 10.3 Å². The van der Waals surface area contributed by atoms with E-state index in [9.17, 15) is 4.79 Å². The molecule has 2 aromatic carbocycles. The molecule has 6 nitrogen and oxygen atoms in total. The van der Waals surface area contributed by atoms with E-state index in [0.29, 0.717) is 19.1 Å². The van der Waals surface area contributed by atoms with E-state index < -0.39 is 0 Å². The smallest absolute Gasteiger partial charge is 0.254 e. The predicted octanol–water partition coefficient (Wildman–Crippen LogP) is 3.68. The Bertz CT molecular complexity index is 882. The van der Waals surface area contributed by atoms with Crippen LogP contribution in [0.1, 0.15) is 49.3 Å². The van der Waals surface area contributed by atoms with Crippen molar-refractivity contribution in [2.45, 2.75) is 44.7 Å². The van der Waals surface area contributed by atoms with Gasteiger partial charge in [-0.25, -0.2) is 4.99 Å². The summed E-state index contributed by atoms with van der Waals surface area (Å²) in [7, 11) is 0. The summed E-state index contributed by atoms with van der Waals surface area (Å²) in [4.78, 5) is 19.2. The zero-order valence-corrected chi connectivity index (χ0v) is 16.5. The highest BCUT2D eigenvalue weighted by atomic mass is 16.5. The molecule has 1 unspecified atom stereocenters. The molecule has 2 N–H and O–H groups in total. The fourth-order valence-corrected chi connectivity index (χ4v) is 3.86. The van der Waals surface area contributed by atoms with E-state index in [4.69, 9.17) is 9.84 Å². The Morgan fingerprint density at radius 3 is 2.69 bits per heavy atom. The third-order valence-corrected chi connectivity index (χ3v) is 5.37. The number of fused-ring (bicyclic) bond motifs is 2. The Labute approximate surface area is 171 Å². The Hall–Kier alpha value is -2.86. The van der Waals surface area contributed by atoms with Gasteiger partial charge in [0.15, 0.2) is 0 Å². The monoisotopic (exact) mass is 393 g/mol. The summed E-state index contributed by atoms with van der Waals surface area (Å²) < 4.78 is 5.92. The van der Waals surface area contributed by atoms with Gasteiger partial charge >= 0.3 is 0 Å². The van der Waals surface area contributed by atoms with Crippen LogP contribution in [0.15, 0.2) is 53.5 Å². The van der Waals surface area contributed by atoms with Gasteiger partial charge in [0.1, 0.15) is 11.8 Å². The lowest BCUT2D eigenvalue weighted by Gasteiger charge is -2.28. The maximum absolute atomic E-state index is 12.6. The average Bonchev–Trinajstić information content (AvgIpc) is 3.06.